The maximum Gasteiger partial charge on any atom is 0.268 e. The molecule has 0 bridgehead atoms. The number of amides is 1. The van der Waals surface area contributed by atoms with Gasteiger partial charge in [-0.05, 0) is 44.9 Å². The average molecular weight is 461 g/mol. The van der Waals surface area contributed by atoms with Crippen LogP contribution in [0.3, 0.4) is 0 Å². The first-order valence-corrected chi connectivity index (χ1v) is 12.5. The molecule has 1 saturated heterocycles. The Morgan fingerprint density at radius 3 is 2.65 bits per heavy atom. The molecular weight excluding hydrogens is 428 g/mol. The molecule has 0 unspecified atom stereocenters. The van der Waals surface area contributed by atoms with Gasteiger partial charge in [-0.1, -0.05) is 12.8 Å². The summed E-state index contributed by atoms with van der Waals surface area (Å²) in [6.07, 6.45) is 8.13. The Balaban J connectivity index is 1.21. The number of pyridine rings is 1. The van der Waals surface area contributed by atoms with Gasteiger partial charge in [0.1, 0.15) is 17.2 Å². The number of carbonyl (C=O) groups excluding carboxylic acids is 1. The summed E-state index contributed by atoms with van der Waals surface area (Å²) in [6, 6.07) is 7.03. The number of hydrogen-bond acceptors (Lipinski definition) is 7. The average Bonchev–Trinajstić information content (AvgIpc) is 3.25. The van der Waals surface area contributed by atoms with Crippen molar-refractivity contribution in [3.8, 4) is 0 Å². The molecule has 2 N–H and O–H groups in total. The number of nitrogens with zero attached hydrogens (tertiary/aromatic N) is 6. The molecule has 34 heavy (non-hydrogen) atoms. The van der Waals surface area contributed by atoms with E-state index in [0.717, 1.165) is 62.2 Å². The molecule has 9 heteroatoms. The van der Waals surface area contributed by atoms with E-state index >= 15 is 0 Å². The largest absolute Gasteiger partial charge is 0.368 e. The van der Waals surface area contributed by atoms with Crippen molar-refractivity contribution in [1.29, 1.82) is 0 Å². The molecule has 9 nitrogen and oxygen atoms in total. The summed E-state index contributed by atoms with van der Waals surface area (Å²) >= 11 is 0. The van der Waals surface area contributed by atoms with Gasteiger partial charge in [-0.3, -0.25) is 9.69 Å². The Labute approximate surface area is 199 Å². The Morgan fingerprint density at radius 2 is 1.88 bits per heavy atom. The second-order valence-electron chi connectivity index (χ2n) is 9.95. The van der Waals surface area contributed by atoms with Gasteiger partial charge in [0.15, 0.2) is 0 Å². The van der Waals surface area contributed by atoms with Crippen molar-refractivity contribution >= 4 is 34.4 Å². The first-order valence-electron chi connectivity index (χ1n) is 12.5. The first kappa shape index (κ1) is 21.3. The van der Waals surface area contributed by atoms with Gasteiger partial charge < -0.3 is 20.1 Å². The van der Waals surface area contributed by atoms with Crippen molar-refractivity contribution in [2.45, 2.75) is 57.7 Å². The van der Waals surface area contributed by atoms with Crippen LogP contribution in [0.25, 0.3) is 11.0 Å². The van der Waals surface area contributed by atoms with Gasteiger partial charge in [-0.25, -0.2) is 9.97 Å². The van der Waals surface area contributed by atoms with Crippen LogP contribution in [0.1, 0.15) is 56.1 Å². The van der Waals surface area contributed by atoms with Crippen molar-refractivity contribution in [3.63, 3.8) is 0 Å². The zero-order chi connectivity index (χ0) is 23.2. The van der Waals surface area contributed by atoms with Crippen molar-refractivity contribution in [1.82, 2.24) is 29.7 Å². The molecule has 1 aliphatic carbocycles. The Bertz CT molecular complexity index is 1200. The smallest absolute Gasteiger partial charge is 0.268 e. The fraction of sp³-hybridized carbons (Fsp3) is 0.520. The number of piperazine rings is 1. The quantitative estimate of drug-likeness (QED) is 0.617. The van der Waals surface area contributed by atoms with Crippen LogP contribution >= 0.6 is 0 Å². The molecule has 0 radical (unpaired) electrons. The fourth-order valence-electron chi connectivity index (χ4n) is 5.67. The molecule has 0 spiro atoms. The van der Waals surface area contributed by atoms with Gasteiger partial charge in [0.05, 0.1) is 17.9 Å². The van der Waals surface area contributed by atoms with Gasteiger partial charge in [0, 0.05) is 49.8 Å². The maximum atomic E-state index is 12.7. The van der Waals surface area contributed by atoms with E-state index in [0.29, 0.717) is 23.5 Å². The van der Waals surface area contributed by atoms with Crippen LogP contribution in [0.2, 0.25) is 0 Å². The lowest BCUT2D eigenvalue weighted by Crippen LogP contribution is -2.48. The predicted octanol–water partition coefficient (Wildman–Crippen LogP) is 3.33. The zero-order valence-electron chi connectivity index (χ0n) is 19.9. The minimum absolute atomic E-state index is 0.0119. The predicted molar refractivity (Wildman–Crippen MR) is 133 cm³/mol. The molecule has 1 amide bonds. The summed E-state index contributed by atoms with van der Waals surface area (Å²) in [4.78, 5) is 31.5. The SMILES string of the molecule is CC(C)N1CCN(c2ccc(Nc3ncc4cc5n(c4n3)[C@@H]3CCCC[C@@H]3NC5=O)nc2)CC1. The molecule has 3 aromatic heterocycles. The summed E-state index contributed by atoms with van der Waals surface area (Å²) in [6.45, 7) is 8.69. The minimum Gasteiger partial charge on any atom is -0.368 e. The van der Waals surface area contributed by atoms with E-state index in [1.165, 1.54) is 6.42 Å². The molecule has 2 aliphatic heterocycles. The van der Waals surface area contributed by atoms with Crippen LogP contribution in [0.5, 0.6) is 0 Å². The fourth-order valence-corrected chi connectivity index (χ4v) is 5.67. The second-order valence-corrected chi connectivity index (χ2v) is 9.95. The molecule has 2 fully saturated rings. The Kier molecular flexibility index (Phi) is 5.36. The number of hydrogen-bond donors (Lipinski definition) is 2. The number of fused-ring (bicyclic) bond motifs is 5. The van der Waals surface area contributed by atoms with E-state index in [1.54, 1.807) is 6.20 Å². The first-order chi connectivity index (χ1) is 16.6. The summed E-state index contributed by atoms with van der Waals surface area (Å²) < 4.78 is 2.14. The van der Waals surface area contributed by atoms with Crippen LogP contribution in [-0.4, -0.2) is 68.6 Å². The second kappa shape index (κ2) is 8.54. The molecule has 3 aromatic rings. The molecule has 5 heterocycles. The normalized spacial score (nSPS) is 23.0. The van der Waals surface area contributed by atoms with Crippen LogP contribution < -0.4 is 15.5 Å². The summed E-state index contributed by atoms with van der Waals surface area (Å²) in [5, 5.41) is 7.34. The van der Waals surface area contributed by atoms with E-state index in [4.69, 9.17) is 4.98 Å². The summed E-state index contributed by atoms with van der Waals surface area (Å²) in [7, 11) is 0. The summed E-state index contributed by atoms with van der Waals surface area (Å²) in [5.74, 6) is 1.20. The van der Waals surface area contributed by atoms with Gasteiger partial charge in [0.25, 0.3) is 5.91 Å². The van der Waals surface area contributed by atoms with Gasteiger partial charge in [-0.15, -0.1) is 0 Å². The third-order valence-electron chi connectivity index (χ3n) is 7.58. The van der Waals surface area contributed by atoms with E-state index in [1.807, 2.05) is 18.3 Å². The highest BCUT2D eigenvalue weighted by molar-refractivity contribution is 5.99. The highest BCUT2D eigenvalue weighted by Gasteiger charge is 2.36. The van der Waals surface area contributed by atoms with E-state index in [-0.39, 0.29) is 18.0 Å². The van der Waals surface area contributed by atoms with Gasteiger partial charge >= 0.3 is 0 Å². The topological polar surface area (TPSA) is 91.2 Å². The number of anilines is 3. The molecule has 178 valence electrons. The van der Waals surface area contributed by atoms with Crippen molar-refractivity contribution in [2.24, 2.45) is 0 Å². The molecule has 0 aromatic carbocycles. The number of aromatic nitrogens is 4. The lowest BCUT2D eigenvalue weighted by atomic mass is 9.88. The van der Waals surface area contributed by atoms with Crippen LogP contribution in [-0.2, 0) is 0 Å². The van der Waals surface area contributed by atoms with E-state index in [9.17, 15) is 4.79 Å². The molecule has 2 atom stereocenters. The maximum absolute atomic E-state index is 12.7. The number of nitrogens with one attached hydrogen (secondary N) is 2. The van der Waals surface area contributed by atoms with Crippen molar-refractivity contribution in [2.75, 3.05) is 36.4 Å². The molecule has 3 aliphatic rings. The Hall–Kier alpha value is -3.20. The Morgan fingerprint density at radius 1 is 1.06 bits per heavy atom. The number of carbonyl (C=O) groups is 1. The zero-order valence-corrected chi connectivity index (χ0v) is 19.9. The monoisotopic (exact) mass is 460 g/mol. The van der Waals surface area contributed by atoms with E-state index < -0.39 is 0 Å². The standard InChI is InChI=1S/C25H32N8O/c1-16(2)31-9-11-32(12-10-31)18-7-8-22(26-15-18)29-25-27-14-17-13-21-24(34)28-19-5-3-4-6-20(19)33(21)23(17)30-25/h7-8,13-16,19-20H,3-6,9-12H2,1-2H3,(H,28,34)(H,26,27,29,30)/t19-,20+/m0/s1. The lowest BCUT2D eigenvalue weighted by Gasteiger charge is -2.38. The van der Waals surface area contributed by atoms with Gasteiger partial charge in [0.2, 0.25) is 5.95 Å². The minimum atomic E-state index is -0.0119. The highest BCUT2D eigenvalue weighted by Crippen LogP contribution is 2.36. The van der Waals surface area contributed by atoms with E-state index in [2.05, 4.69) is 54.9 Å². The van der Waals surface area contributed by atoms with Gasteiger partial charge in [-0.2, -0.15) is 4.98 Å². The molecular formula is C25H32N8O. The lowest BCUT2D eigenvalue weighted by molar-refractivity contribution is 0.0855. The summed E-state index contributed by atoms with van der Waals surface area (Å²) in [5.41, 5.74) is 2.64. The van der Waals surface area contributed by atoms with Crippen LogP contribution in [0, 0.1) is 0 Å². The molecule has 1 saturated carbocycles. The van der Waals surface area contributed by atoms with Crippen LogP contribution in [0.15, 0.2) is 30.6 Å². The van der Waals surface area contributed by atoms with Crippen LogP contribution in [0.4, 0.5) is 17.5 Å². The van der Waals surface area contributed by atoms with Crippen molar-refractivity contribution in [3.05, 3.63) is 36.3 Å². The molecule has 6 rings (SSSR count). The van der Waals surface area contributed by atoms with Crippen molar-refractivity contribution < 1.29 is 4.79 Å². The highest BCUT2D eigenvalue weighted by atomic mass is 16.2. The third-order valence-corrected chi connectivity index (χ3v) is 7.58. The number of rotatable bonds is 4. The third kappa shape index (κ3) is 3.77.